The van der Waals surface area contributed by atoms with Crippen LogP contribution in [0.3, 0.4) is 0 Å². The van der Waals surface area contributed by atoms with Gasteiger partial charge in [0.25, 0.3) is 0 Å². The van der Waals surface area contributed by atoms with Gasteiger partial charge in [-0.3, -0.25) is 0 Å². The molecule has 146 valence electrons. The second-order valence-corrected chi connectivity index (χ2v) is 7.35. The van der Waals surface area contributed by atoms with Crippen molar-refractivity contribution in [3.8, 4) is 11.5 Å². The summed E-state index contributed by atoms with van der Waals surface area (Å²) < 4.78 is 12.2. The molecule has 0 saturated heterocycles. The van der Waals surface area contributed by atoms with Gasteiger partial charge < -0.3 is 9.47 Å². The molecule has 0 fully saturated rings. The molecule has 2 nitrogen and oxygen atoms in total. The zero-order chi connectivity index (χ0) is 20.2. The van der Waals surface area contributed by atoms with Gasteiger partial charge >= 0.3 is 0 Å². The Labute approximate surface area is 176 Å². The van der Waals surface area contributed by atoms with Gasteiger partial charge in [0.1, 0.15) is 24.7 Å². The van der Waals surface area contributed by atoms with Gasteiger partial charge in [0.15, 0.2) is 0 Å². The minimum absolute atomic E-state index is 0.540. The lowest BCUT2D eigenvalue weighted by molar-refractivity contribution is 0.306. The van der Waals surface area contributed by atoms with Crippen molar-refractivity contribution in [1.82, 2.24) is 0 Å². The Balaban J connectivity index is 1.24. The van der Waals surface area contributed by atoms with Crippen molar-refractivity contribution < 1.29 is 9.47 Å². The summed E-state index contributed by atoms with van der Waals surface area (Å²) in [7, 11) is 0. The van der Waals surface area contributed by atoms with Gasteiger partial charge in [-0.25, -0.2) is 0 Å². The molecule has 0 amide bonds. The monoisotopic (exact) mass is 390 g/mol. The number of fused-ring (bicyclic) bond motifs is 2. The molecule has 30 heavy (non-hydrogen) atoms. The van der Waals surface area contributed by atoms with Crippen LogP contribution in [0.5, 0.6) is 11.5 Å². The van der Waals surface area contributed by atoms with E-state index in [4.69, 9.17) is 9.47 Å². The Morgan fingerprint density at radius 2 is 0.800 bits per heavy atom. The Bertz CT molecular complexity index is 1180. The first-order valence-electron chi connectivity index (χ1n) is 10.2. The lowest BCUT2D eigenvalue weighted by Crippen LogP contribution is -1.99. The highest BCUT2D eigenvalue weighted by Crippen LogP contribution is 2.27. The molecule has 0 N–H and O–H groups in total. The molecular formula is C28H22O2. The molecule has 0 heterocycles. The molecule has 0 unspecified atom stereocenters. The van der Waals surface area contributed by atoms with E-state index >= 15 is 0 Å². The van der Waals surface area contributed by atoms with E-state index in [1.807, 2.05) is 48.5 Å². The molecule has 0 aliphatic rings. The van der Waals surface area contributed by atoms with Crippen molar-refractivity contribution in [2.75, 3.05) is 0 Å². The molecule has 0 atom stereocenters. The molecule has 0 radical (unpaired) electrons. The van der Waals surface area contributed by atoms with Crippen LogP contribution < -0.4 is 9.47 Å². The van der Waals surface area contributed by atoms with E-state index in [0.29, 0.717) is 13.2 Å². The second-order valence-electron chi connectivity index (χ2n) is 7.35. The smallest absolute Gasteiger partial charge is 0.127 e. The first kappa shape index (κ1) is 18.3. The predicted molar refractivity (Wildman–Crippen MR) is 123 cm³/mol. The summed E-state index contributed by atoms with van der Waals surface area (Å²) in [5.41, 5.74) is 2.27. The average Bonchev–Trinajstić information content (AvgIpc) is 2.82. The Morgan fingerprint density at radius 3 is 1.27 bits per heavy atom. The molecule has 0 bridgehead atoms. The quantitative estimate of drug-likeness (QED) is 0.306. The highest BCUT2D eigenvalue weighted by molar-refractivity contribution is 5.88. The average molecular weight is 390 g/mol. The van der Waals surface area contributed by atoms with Crippen LogP contribution in [-0.2, 0) is 13.2 Å². The number of ether oxygens (including phenoxy) is 2. The molecule has 2 heteroatoms. The van der Waals surface area contributed by atoms with Crippen LogP contribution in [0.4, 0.5) is 0 Å². The van der Waals surface area contributed by atoms with Crippen molar-refractivity contribution in [3.05, 3.63) is 120 Å². The van der Waals surface area contributed by atoms with Crippen molar-refractivity contribution in [2.24, 2.45) is 0 Å². The molecule has 0 spiro atoms. The van der Waals surface area contributed by atoms with Crippen LogP contribution in [0.2, 0.25) is 0 Å². The zero-order valence-corrected chi connectivity index (χ0v) is 16.6. The third-order valence-corrected chi connectivity index (χ3v) is 5.31. The van der Waals surface area contributed by atoms with Crippen LogP contribution in [0, 0.1) is 0 Å². The minimum Gasteiger partial charge on any atom is -0.488 e. The fourth-order valence-electron chi connectivity index (χ4n) is 3.70. The highest BCUT2D eigenvalue weighted by atomic mass is 16.5. The maximum atomic E-state index is 6.09. The van der Waals surface area contributed by atoms with Gasteiger partial charge in [0.05, 0.1) is 0 Å². The third-order valence-electron chi connectivity index (χ3n) is 5.31. The molecule has 0 aliphatic heterocycles. The van der Waals surface area contributed by atoms with E-state index in [9.17, 15) is 0 Å². The fourth-order valence-corrected chi connectivity index (χ4v) is 3.70. The first-order valence-corrected chi connectivity index (χ1v) is 10.2. The Hall–Kier alpha value is -3.78. The number of hydrogen-bond donors (Lipinski definition) is 0. The first-order chi connectivity index (χ1) is 14.9. The zero-order valence-electron chi connectivity index (χ0n) is 16.6. The second kappa shape index (κ2) is 8.30. The van der Waals surface area contributed by atoms with E-state index in [2.05, 4.69) is 60.7 Å². The number of hydrogen-bond acceptors (Lipinski definition) is 2. The molecule has 0 saturated carbocycles. The SMILES string of the molecule is c1ccc2c(OCc3ccc(COc4cccc5ccccc45)cc3)cccc2c1. The van der Waals surface area contributed by atoms with Gasteiger partial charge in [-0.1, -0.05) is 97.1 Å². The molecular weight excluding hydrogens is 368 g/mol. The summed E-state index contributed by atoms with van der Waals surface area (Å²) in [4.78, 5) is 0. The van der Waals surface area contributed by atoms with Crippen molar-refractivity contribution in [3.63, 3.8) is 0 Å². The van der Waals surface area contributed by atoms with Crippen LogP contribution in [0.25, 0.3) is 21.5 Å². The van der Waals surface area contributed by atoms with Gasteiger partial charge in [0.2, 0.25) is 0 Å². The lowest BCUT2D eigenvalue weighted by Gasteiger charge is -2.11. The highest BCUT2D eigenvalue weighted by Gasteiger charge is 2.04. The van der Waals surface area contributed by atoms with Crippen molar-refractivity contribution in [2.45, 2.75) is 13.2 Å². The van der Waals surface area contributed by atoms with Crippen LogP contribution >= 0.6 is 0 Å². The third kappa shape index (κ3) is 3.85. The van der Waals surface area contributed by atoms with E-state index < -0.39 is 0 Å². The predicted octanol–water partition coefficient (Wildman–Crippen LogP) is 7.15. The topological polar surface area (TPSA) is 18.5 Å². The summed E-state index contributed by atoms with van der Waals surface area (Å²) in [5.74, 6) is 1.83. The van der Waals surface area contributed by atoms with E-state index in [1.54, 1.807) is 0 Å². The van der Waals surface area contributed by atoms with Crippen molar-refractivity contribution >= 4 is 21.5 Å². The van der Waals surface area contributed by atoms with Gasteiger partial charge in [0, 0.05) is 10.8 Å². The van der Waals surface area contributed by atoms with E-state index in [-0.39, 0.29) is 0 Å². The largest absolute Gasteiger partial charge is 0.488 e. The van der Waals surface area contributed by atoms with E-state index in [0.717, 1.165) is 33.4 Å². The van der Waals surface area contributed by atoms with Gasteiger partial charge in [-0.15, -0.1) is 0 Å². The number of benzene rings is 5. The maximum absolute atomic E-state index is 6.09. The van der Waals surface area contributed by atoms with Gasteiger partial charge in [-0.2, -0.15) is 0 Å². The molecule has 5 rings (SSSR count). The lowest BCUT2D eigenvalue weighted by atomic mass is 10.1. The van der Waals surface area contributed by atoms with Crippen molar-refractivity contribution in [1.29, 1.82) is 0 Å². The molecule has 5 aromatic carbocycles. The van der Waals surface area contributed by atoms with Crippen LogP contribution in [-0.4, -0.2) is 0 Å². The Kier molecular flexibility index (Phi) is 5.05. The summed E-state index contributed by atoms with van der Waals surface area (Å²) in [6, 6.07) is 37.3. The fraction of sp³-hybridized carbons (Fsp3) is 0.0714. The molecule has 0 aromatic heterocycles. The maximum Gasteiger partial charge on any atom is 0.127 e. The molecule has 0 aliphatic carbocycles. The van der Waals surface area contributed by atoms with Gasteiger partial charge in [-0.05, 0) is 34.0 Å². The van der Waals surface area contributed by atoms with Crippen LogP contribution in [0.1, 0.15) is 11.1 Å². The summed E-state index contributed by atoms with van der Waals surface area (Å²) >= 11 is 0. The summed E-state index contributed by atoms with van der Waals surface area (Å²) in [5, 5.41) is 4.66. The Morgan fingerprint density at radius 1 is 0.400 bits per heavy atom. The van der Waals surface area contributed by atoms with Crippen LogP contribution in [0.15, 0.2) is 109 Å². The summed E-state index contributed by atoms with van der Waals surface area (Å²) in [6.07, 6.45) is 0. The molecule has 5 aromatic rings. The van der Waals surface area contributed by atoms with E-state index in [1.165, 1.54) is 10.8 Å². The summed E-state index contributed by atoms with van der Waals surface area (Å²) in [6.45, 7) is 1.08. The normalized spacial score (nSPS) is 10.9. The minimum atomic E-state index is 0.540. The number of rotatable bonds is 6. The standard InChI is InChI=1S/C28H22O2/c1-3-11-25-23(7-1)9-5-13-27(25)29-19-21-15-17-22(18-16-21)20-30-28-14-6-10-24-8-2-4-12-26(24)28/h1-18H,19-20H2.